The molecule has 1 atom stereocenters. The molecule has 0 saturated carbocycles. The topological polar surface area (TPSA) is 71.3 Å². The molecule has 0 fully saturated rings. The number of amides is 1. The molecule has 120 valence electrons. The third-order valence-electron chi connectivity index (χ3n) is 3.72. The fourth-order valence-corrected chi connectivity index (χ4v) is 1.81. The average molecular weight is 304 g/mol. The van der Waals surface area contributed by atoms with Crippen LogP contribution in [0.2, 0.25) is 0 Å². The van der Waals surface area contributed by atoms with E-state index in [0.29, 0.717) is 30.0 Å². The third kappa shape index (κ3) is 4.47. The van der Waals surface area contributed by atoms with E-state index in [0.717, 1.165) is 12.8 Å². The molecule has 5 nitrogen and oxygen atoms in total. The van der Waals surface area contributed by atoms with Crippen LogP contribution in [-0.2, 0) is 9.53 Å². The van der Waals surface area contributed by atoms with Crippen LogP contribution in [0.25, 0.3) is 0 Å². The molecule has 0 unspecified atom stereocenters. The average Bonchev–Trinajstić information content (AvgIpc) is 2.55. The van der Waals surface area contributed by atoms with Gasteiger partial charge in [-0.1, -0.05) is 20.3 Å². The minimum Gasteiger partial charge on any atom is -0.492 e. The molecule has 5 heteroatoms. The second-order valence-electron chi connectivity index (χ2n) is 5.27. The quantitative estimate of drug-likeness (QED) is 0.746. The Kier molecular flexibility index (Phi) is 6.87. The predicted octanol–water partition coefficient (Wildman–Crippen LogP) is 3.49. The van der Waals surface area contributed by atoms with Crippen LogP contribution in [0.15, 0.2) is 18.2 Å². The summed E-state index contributed by atoms with van der Waals surface area (Å²) in [6.45, 7) is 6.27. The first-order valence-corrected chi connectivity index (χ1v) is 7.54. The normalized spacial score (nSPS) is 13.0. The number of ether oxygens (including phenoxy) is 2. The van der Waals surface area contributed by atoms with Crippen LogP contribution in [0.3, 0.4) is 0 Å². The highest BCUT2D eigenvalue weighted by Crippen LogP contribution is 2.24. The van der Waals surface area contributed by atoms with Gasteiger partial charge in [0, 0.05) is 12.8 Å². The van der Waals surface area contributed by atoms with Gasteiger partial charge in [0.2, 0.25) is 0 Å². The summed E-state index contributed by atoms with van der Waals surface area (Å²) in [5.74, 6) is 0.306. The number of nitriles is 1. The number of methoxy groups -OCH3 is 1. The van der Waals surface area contributed by atoms with Crippen LogP contribution in [0.5, 0.6) is 5.75 Å². The smallest absolute Gasteiger partial charge is 0.256 e. The Morgan fingerprint density at radius 1 is 1.41 bits per heavy atom. The summed E-state index contributed by atoms with van der Waals surface area (Å²) in [4.78, 5) is 12.2. The summed E-state index contributed by atoms with van der Waals surface area (Å²) >= 11 is 0. The molecule has 22 heavy (non-hydrogen) atoms. The number of carbonyl (C=O) groups excluding carboxylic acids is 1. The maximum absolute atomic E-state index is 12.2. The van der Waals surface area contributed by atoms with E-state index in [4.69, 9.17) is 9.47 Å². The van der Waals surface area contributed by atoms with Crippen molar-refractivity contribution in [3.63, 3.8) is 0 Å². The maximum Gasteiger partial charge on any atom is 0.256 e. The number of unbranched alkanes of at least 4 members (excludes halogenated alkanes) is 1. The largest absolute Gasteiger partial charge is 0.492 e. The van der Waals surface area contributed by atoms with Gasteiger partial charge in [-0.2, -0.15) is 5.26 Å². The Morgan fingerprint density at radius 2 is 2.14 bits per heavy atom. The van der Waals surface area contributed by atoms with E-state index < -0.39 is 5.60 Å². The first-order chi connectivity index (χ1) is 10.5. The number of benzene rings is 1. The van der Waals surface area contributed by atoms with E-state index in [1.807, 2.05) is 6.92 Å². The van der Waals surface area contributed by atoms with Gasteiger partial charge >= 0.3 is 0 Å². The Hall–Kier alpha value is -2.06. The zero-order chi connectivity index (χ0) is 16.6. The minimum absolute atomic E-state index is 0.235. The van der Waals surface area contributed by atoms with E-state index in [2.05, 4.69) is 18.3 Å². The van der Waals surface area contributed by atoms with Crippen LogP contribution in [0.1, 0.15) is 45.6 Å². The van der Waals surface area contributed by atoms with Crippen LogP contribution in [0.4, 0.5) is 5.69 Å². The fourth-order valence-electron chi connectivity index (χ4n) is 1.81. The molecule has 0 aromatic heterocycles. The Labute approximate surface area is 132 Å². The van der Waals surface area contributed by atoms with Crippen LogP contribution >= 0.6 is 0 Å². The van der Waals surface area contributed by atoms with Gasteiger partial charge < -0.3 is 14.8 Å². The molecule has 0 heterocycles. The van der Waals surface area contributed by atoms with Crippen LogP contribution < -0.4 is 10.1 Å². The van der Waals surface area contributed by atoms with Gasteiger partial charge in [-0.15, -0.1) is 0 Å². The van der Waals surface area contributed by atoms with Crippen molar-refractivity contribution in [1.29, 1.82) is 5.26 Å². The zero-order valence-electron chi connectivity index (χ0n) is 13.7. The lowest BCUT2D eigenvalue weighted by atomic mass is 10.0. The summed E-state index contributed by atoms with van der Waals surface area (Å²) in [5.41, 5.74) is 0.0777. The molecule has 1 rings (SSSR count). The number of nitrogens with one attached hydrogen (secondary N) is 1. The number of nitrogens with zero attached hydrogens (tertiary/aromatic N) is 1. The molecule has 0 saturated heterocycles. The lowest BCUT2D eigenvalue weighted by Gasteiger charge is -2.25. The number of hydrogen-bond acceptors (Lipinski definition) is 4. The molecule has 0 aliphatic carbocycles. The Morgan fingerprint density at radius 3 is 2.68 bits per heavy atom. The first kappa shape index (κ1) is 18.0. The summed E-state index contributed by atoms with van der Waals surface area (Å²) in [6.07, 6.45) is 2.52. The van der Waals surface area contributed by atoms with Crippen molar-refractivity contribution < 1.29 is 14.3 Å². The van der Waals surface area contributed by atoms with Gasteiger partial charge in [0.05, 0.1) is 12.2 Å². The lowest BCUT2D eigenvalue weighted by molar-refractivity contribution is -0.136. The van der Waals surface area contributed by atoms with Crippen molar-refractivity contribution in [2.45, 2.75) is 45.6 Å². The van der Waals surface area contributed by atoms with Gasteiger partial charge in [0.15, 0.2) is 0 Å². The highest BCUT2D eigenvalue weighted by atomic mass is 16.5. The standard InChI is InChI=1S/C17H24N2O3/c1-5-7-10-22-15-9-8-14(11-13(15)12-18)19-16(20)17(3,6-2)21-4/h8-9,11H,5-7,10H2,1-4H3,(H,19,20)/t17-/m0/s1. The van der Waals surface area contributed by atoms with Crippen molar-refractivity contribution in [2.75, 3.05) is 19.0 Å². The maximum atomic E-state index is 12.2. The van der Waals surface area contributed by atoms with Crippen LogP contribution in [-0.4, -0.2) is 25.2 Å². The number of carbonyl (C=O) groups is 1. The molecular weight excluding hydrogens is 280 g/mol. The lowest BCUT2D eigenvalue weighted by Crippen LogP contribution is -2.41. The number of anilines is 1. The second-order valence-corrected chi connectivity index (χ2v) is 5.27. The van der Waals surface area contributed by atoms with Gasteiger partial charge in [0.25, 0.3) is 5.91 Å². The molecule has 0 aliphatic heterocycles. The molecule has 1 amide bonds. The summed E-state index contributed by atoms with van der Waals surface area (Å²) < 4.78 is 10.8. The van der Waals surface area contributed by atoms with E-state index in [1.165, 1.54) is 7.11 Å². The molecule has 0 aliphatic rings. The highest BCUT2D eigenvalue weighted by molar-refractivity contribution is 5.97. The number of rotatable bonds is 8. The highest BCUT2D eigenvalue weighted by Gasteiger charge is 2.31. The minimum atomic E-state index is -0.886. The van der Waals surface area contributed by atoms with E-state index in [1.54, 1.807) is 25.1 Å². The monoisotopic (exact) mass is 304 g/mol. The second kappa shape index (κ2) is 8.40. The van der Waals surface area contributed by atoms with E-state index in [9.17, 15) is 10.1 Å². The Balaban J connectivity index is 2.86. The Bertz CT molecular complexity index is 545. The van der Waals surface area contributed by atoms with Crippen LogP contribution in [0, 0.1) is 11.3 Å². The molecular formula is C17H24N2O3. The van der Waals surface area contributed by atoms with Crippen molar-refractivity contribution in [2.24, 2.45) is 0 Å². The zero-order valence-corrected chi connectivity index (χ0v) is 13.7. The fraction of sp³-hybridized carbons (Fsp3) is 0.529. The van der Waals surface area contributed by atoms with Crippen molar-refractivity contribution in [3.05, 3.63) is 23.8 Å². The van der Waals surface area contributed by atoms with Gasteiger partial charge in [-0.3, -0.25) is 4.79 Å². The van der Waals surface area contributed by atoms with E-state index in [-0.39, 0.29) is 5.91 Å². The molecule has 1 aromatic carbocycles. The third-order valence-corrected chi connectivity index (χ3v) is 3.72. The summed E-state index contributed by atoms with van der Waals surface area (Å²) in [7, 11) is 1.51. The van der Waals surface area contributed by atoms with Crippen molar-refractivity contribution in [3.8, 4) is 11.8 Å². The predicted molar refractivity (Wildman–Crippen MR) is 85.9 cm³/mol. The van der Waals surface area contributed by atoms with Crippen molar-refractivity contribution >= 4 is 11.6 Å². The van der Waals surface area contributed by atoms with Gasteiger partial charge in [-0.25, -0.2) is 0 Å². The first-order valence-electron chi connectivity index (χ1n) is 7.54. The molecule has 1 aromatic rings. The van der Waals surface area contributed by atoms with Gasteiger partial charge in [-0.05, 0) is 38.0 Å². The number of hydrogen-bond donors (Lipinski definition) is 1. The molecule has 0 bridgehead atoms. The summed E-state index contributed by atoms with van der Waals surface area (Å²) in [6, 6.07) is 7.15. The summed E-state index contributed by atoms with van der Waals surface area (Å²) in [5, 5.41) is 12.0. The van der Waals surface area contributed by atoms with Gasteiger partial charge in [0.1, 0.15) is 17.4 Å². The SMILES string of the molecule is CCCCOc1ccc(NC(=O)[C@](C)(CC)OC)cc1C#N. The molecule has 1 N–H and O–H groups in total. The molecule has 0 spiro atoms. The van der Waals surface area contributed by atoms with E-state index >= 15 is 0 Å². The molecule has 0 radical (unpaired) electrons. The van der Waals surface area contributed by atoms with Crippen molar-refractivity contribution in [1.82, 2.24) is 0 Å².